The average Bonchev–Trinajstić information content (AvgIpc) is 2.42. The monoisotopic (exact) mass is 330 g/mol. The molecule has 2 rings (SSSR count). The third-order valence-electron chi connectivity index (χ3n) is 3.47. The Morgan fingerprint density at radius 2 is 1.76 bits per heavy atom. The molecule has 0 bridgehead atoms. The van der Waals surface area contributed by atoms with E-state index in [-0.39, 0.29) is 56.3 Å². The molecule has 2 aromatic rings. The van der Waals surface area contributed by atoms with Gasteiger partial charge in [0.2, 0.25) is 0 Å². The van der Waals surface area contributed by atoms with E-state index in [2.05, 4.69) is 6.92 Å². The summed E-state index contributed by atoms with van der Waals surface area (Å²) in [6.07, 6.45) is 5.30. The van der Waals surface area contributed by atoms with Crippen LogP contribution >= 0.6 is 0 Å². The van der Waals surface area contributed by atoms with Crippen LogP contribution in [0.2, 0.25) is 0 Å². The molecular formula is C16H19KO3S. The second kappa shape index (κ2) is 8.77. The van der Waals surface area contributed by atoms with Gasteiger partial charge in [0, 0.05) is 0 Å². The van der Waals surface area contributed by atoms with Gasteiger partial charge in [-0.1, -0.05) is 56.5 Å². The SMILES string of the molecule is CCCCCCc1cc(S(=O)(=O)[O-])c2ccccc2c1.[K+]. The first-order valence-electron chi connectivity index (χ1n) is 7.00. The van der Waals surface area contributed by atoms with Crippen molar-refractivity contribution in [1.29, 1.82) is 0 Å². The third kappa shape index (κ3) is 5.43. The fourth-order valence-electron chi connectivity index (χ4n) is 2.44. The summed E-state index contributed by atoms with van der Waals surface area (Å²) in [6.45, 7) is 2.15. The first-order valence-corrected chi connectivity index (χ1v) is 8.41. The van der Waals surface area contributed by atoms with Gasteiger partial charge in [0.25, 0.3) is 0 Å². The van der Waals surface area contributed by atoms with Gasteiger partial charge in [0.15, 0.2) is 0 Å². The zero-order valence-electron chi connectivity index (χ0n) is 12.6. The minimum absolute atomic E-state index is 0. The standard InChI is InChI=1S/C16H20O3S.K/c1-2-3-4-5-8-13-11-14-9-6-7-10-15(14)16(12-13)20(17,18)19;/h6-7,9-12H,2-5,8H2,1H3,(H,17,18,19);/q;+1/p-1. The Morgan fingerprint density at radius 1 is 1.05 bits per heavy atom. The van der Waals surface area contributed by atoms with Crippen LogP contribution in [0.4, 0.5) is 0 Å². The van der Waals surface area contributed by atoms with Crippen molar-refractivity contribution in [3.63, 3.8) is 0 Å². The predicted octanol–water partition coefficient (Wildman–Crippen LogP) is 0.871. The Bertz CT molecular complexity index is 696. The Hall–Kier alpha value is 0.246. The van der Waals surface area contributed by atoms with Gasteiger partial charge >= 0.3 is 51.4 Å². The van der Waals surface area contributed by atoms with Gasteiger partial charge in [-0.25, -0.2) is 8.42 Å². The summed E-state index contributed by atoms with van der Waals surface area (Å²) >= 11 is 0. The van der Waals surface area contributed by atoms with Crippen LogP contribution in [0.1, 0.15) is 38.2 Å². The van der Waals surface area contributed by atoms with Gasteiger partial charge in [-0.3, -0.25) is 0 Å². The summed E-state index contributed by atoms with van der Waals surface area (Å²) in [6, 6.07) is 10.6. The minimum Gasteiger partial charge on any atom is -0.744 e. The van der Waals surface area contributed by atoms with E-state index in [1.54, 1.807) is 12.1 Å². The molecule has 0 N–H and O–H groups in total. The molecule has 0 unspecified atom stereocenters. The van der Waals surface area contributed by atoms with Crippen molar-refractivity contribution in [2.45, 2.75) is 43.9 Å². The summed E-state index contributed by atoms with van der Waals surface area (Å²) in [5.41, 5.74) is 0.925. The summed E-state index contributed by atoms with van der Waals surface area (Å²) in [5, 5.41) is 1.33. The molecule has 0 fully saturated rings. The second-order valence-electron chi connectivity index (χ2n) is 5.08. The molecule has 0 heterocycles. The summed E-state index contributed by atoms with van der Waals surface area (Å²) in [5.74, 6) is 0. The van der Waals surface area contributed by atoms with E-state index >= 15 is 0 Å². The first-order chi connectivity index (χ1) is 9.52. The molecule has 0 radical (unpaired) electrons. The van der Waals surface area contributed by atoms with Crippen molar-refractivity contribution in [2.24, 2.45) is 0 Å². The van der Waals surface area contributed by atoms with Crippen molar-refractivity contribution < 1.29 is 64.4 Å². The van der Waals surface area contributed by atoms with Crippen molar-refractivity contribution in [3.8, 4) is 0 Å². The van der Waals surface area contributed by atoms with Crippen molar-refractivity contribution in [1.82, 2.24) is 0 Å². The van der Waals surface area contributed by atoms with E-state index in [1.165, 1.54) is 12.5 Å². The third-order valence-corrected chi connectivity index (χ3v) is 4.35. The fraction of sp³-hybridized carbons (Fsp3) is 0.375. The van der Waals surface area contributed by atoms with Crippen LogP contribution in [0.3, 0.4) is 0 Å². The second-order valence-corrected chi connectivity index (χ2v) is 6.43. The predicted molar refractivity (Wildman–Crippen MR) is 79.8 cm³/mol. The molecule has 0 amide bonds. The molecular weight excluding hydrogens is 311 g/mol. The Balaban J connectivity index is 0.00000220. The van der Waals surface area contributed by atoms with Crippen LogP contribution in [0.25, 0.3) is 10.8 Å². The first kappa shape index (κ1) is 19.3. The maximum Gasteiger partial charge on any atom is 1.00 e. The van der Waals surface area contributed by atoms with Crippen LogP contribution in [-0.2, 0) is 16.5 Å². The van der Waals surface area contributed by atoms with Crippen LogP contribution in [-0.4, -0.2) is 13.0 Å². The molecule has 21 heavy (non-hydrogen) atoms. The van der Waals surface area contributed by atoms with E-state index < -0.39 is 10.1 Å². The molecule has 0 saturated carbocycles. The number of hydrogen-bond acceptors (Lipinski definition) is 3. The van der Waals surface area contributed by atoms with E-state index in [4.69, 9.17) is 0 Å². The van der Waals surface area contributed by atoms with Gasteiger partial charge in [0.05, 0.1) is 4.90 Å². The molecule has 0 spiro atoms. The summed E-state index contributed by atoms with van der Waals surface area (Å²) in [4.78, 5) is -0.0962. The van der Waals surface area contributed by atoms with E-state index in [9.17, 15) is 13.0 Å². The molecule has 2 aromatic carbocycles. The van der Waals surface area contributed by atoms with E-state index in [1.807, 2.05) is 18.2 Å². The smallest absolute Gasteiger partial charge is 0.744 e. The number of rotatable bonds is 6. The normalized spacial score (nSPS) is 11.3. The largest absolute Gasteiger partial charge is 1.00 e. The van der Waals surface area contributed by atoms with Crippen LogP contribution in [0, 0.1) is 0 Å². The number of aryl methyl sites for hydroxylation is 1. The van der Waals surface area contributed by atoms with Crippen molar-refractivity contribution in [3.05, 3.63) is 42.0 Å². The number of fused-ring (bicyclic) bond motifs is 1. The molecule has 0 aliphatic heterocycles. The molecule has 0 atom stereocenters. The number of hydrogen-bond donors (Lipinski definition) is 0. The van der Waals surface area contributed by atoms with E-state index in [0.29, 0.717) is 5.39 Å². The maximum atomic E-state index is 11.4. The Morgan fingerprint density at radius 3 is 2.43 bits per heavy atom. The zero-order valence-corrected chi connectivity index (χ0v) is 16.6. The molecule has 5 heteroatoms. The quantitative estimate of drug-likeness (QED) is 0.449. The average molecular weight is 330 g/mol. The number of benzene rings is 2. The van der Waals surface area contributed by atoms with Gasteiger partial charge < -0.3 is 4.55 Å². The van der Waals surface area contributed by atoms with Gasteiger partial charge in [0.1, 0.15) is 10.1 Å². The molecule has 0 aliphatic carbocycles. The summed E-state index contributed by atoms with van der Waals surface area (Å²) in [7, 11) is -4.44. The molecule has 0 aromatic heterocycles. The molecule has 0 aliphatic rings. The topological polar surface area (TPSA) is 57.2 Å². The Kier molecular flexibility index (Phi) is 8.06. The van der Waals surface area contributed by atoms with Gasteiger partial charge in [-0.05, 0) is 35.2 Å². The van der Waals surface area contributed by atoms with Gasteiger partial charge in [-0.15, -0.1) is 0 Å². The maximum absolute atomic E-state index is 11.4. The van der Waals surface area contributed by atoms with Gasteiger partial charge in [-0.2, -0.15) is 0 Å². The van der Waals surface area contributed by atoms with Crippen molar-refractivity contribution >= 4 is 20.9 Å². The molecule has 3 nitrogen and oxygen atoms in total. The zero-order chi connectivity index (χ0) is 14.6. The molecule has 0 saturated heterocycles. The number of unbranched alkanes of at least 4 members (excludes halogenated alkanes) is 3. The Labute approximate surface area is 169 Å². The van der Waals surface area contributed by atoms with E-state index in [0.717, 1.165) is 36.6 Å². The fourth-order valence-corrected chi connectivity index (χ4v) is 3.19. The minimum atomic E-state index is -4.44. The van der Waals surface area contributed by atoms with Crippen molar-refractivity contribution in [2.75, 3.05) is 0 Å². The van der Waals surface area contributed by atoms with Crippen LogP contribution in [0.5, 0.6) is 0 Å². The van der Waals surface area contributed by atoms with Crippen LogP contribution < -0.4 is 51.4 Å². The van der Waals surface area contributed by atoms with Crippen LogP contribution in [0.15, 0.2) is 41.3 Å². The summed E-state index contributed by atoms with van der Waals surface area (Å²) < 4.78 is 34.3. The molecule has 108 valence electrons.